The Balaban J connectivity index is 3.33. The third-order valence-corrected chi connectivity index (χ3v) is 4.12. The second-order valence-corrected chi connectivity index (χ2v) is 6.62. The molecule has 0 radical (unpaired) electrons. The van der Waals surface area contributed by atoms with Crippen molar-refractivity contribution in [2.75, 3.05) is 5.32 Å². The molecule has 0 fully saturated rings. The number of halogens is 3. The molecule has 0 spiro atoms. The normalized spacial score (nSPS) is 12.3. The molecule has 0 aliphatic carbocycles. The summed E-state index contributed by atoms with van der Waals surface area (Å²) in [6.07, 6.45) is 1.52. The molecule has 24 heavy (non-hydrogen) atoms. The van der Waals surface area contributed by atoms with Gasteiger partial charge < -0.3 is 14.9 Å². The lowest BCUT2D eigenvalue weighted by atomic mass is 10.1. The monoisotopic (exact) mass is 368 g/mol. The highest BCUT2D eigenvalue weighted by Gasteiger charge is 2.49. The van der Waals surface area contributed by atoms with Crippen LogP contribution in [0.4, 0.5) is 19.0 Å². The lowest BCUT2D eigenvalue weighted by Crippen LogP contribution is -2.29. The molecule has 0 aromatic carbocycles. The van der Waals surface area contributed by atoms with E-state index in [4.69, 9.17) is 5.41 Å². The summed E-state index contributed by atoms with van der Waals surface area (Å²) in [4.78, 5) is 7.77. The number of hydrogen-bond donors (Lipinski definition) is 2. The van der Waals surface area contributed by atoms with E-state index in [-0.39, 0.29) is 29.0 Å². The van der Waals surface area contributed by atoms with Crippen LogP contribution >= 0.6 is 0 Å². The van der Waals surface area contributed by atoms with Crippen LogP contribution in [0, 0.1) is 12.3 Å². The van der Waals surface area contributed by atoms with E-state index < -0.39 is 21.5 Å². The highest BCUT2D eigenvalue weighted by molar-refractivity contribution is 7.87. The lowest BCUT2D eigenvalue weighted by molar-refractivity contribution is -0.0501. The van der Waals surface area contributed by atoms with Gasteiger partial charge >= 0.3 is 15.6 Å². The Labute approximate surface area is 138 Å². The molecule has 1 heterocycles. The summed E-state index contributed by atoms with van der Waals surface area (Å²) < 4.78 is 63.6. The maximum absolute atomic E-state index is 12.4. The van der Waals surface area contributed by atoms with Crippen molar-refractivity contribution in [3.8, 4) is 5.88 Å². The molecule has 0 aliphatic heterocycles. The molecule has 0 bridgehead atoms. The van der Waals surface area contributed by atoms with E-state index in [2.05, 4.69) is 19.5 Å². The minimum Gasteiger partial charge on any atom is -0.366 e. The van der Waals surface area contributed by atoms with Crippen LogP contribution in [0.15, 0.2) is 0 Å². The minimum absolute atomic E-state index is 0.0301. The molecular weight excluding hydrogens is 349 g/mol. The molecule has 0 atom stereocenters. The quantitative estimate of drug-likeness (QED) is 0.435. The Hall–Kier alpha value is -1.91. The van der Waals surface area contributed by atoms with Gasteiger partial charge in [0.1, 0.15) is 11.4 Å². The van der Waals surface area contributed by atoms with Crippen LogP contribution < -0.4 is 9.50 Å². The van der Waals surface area contributed by atoms with Gasteiger partial charge in [-0.2, -0.15) is 21.6 Å². The van der Waals surface area contributed by atoms with E-state index in [0.29, 0.717) is 0 Å². The molecular formula is C13H19F3N4O3S. The fourth-order valence-electron chi connectivity index (χ4n) is 1.78. The third-order valence-electron chi connectivity index (χ3n) is 3.18. The summed E-state index contributed by atoms with van der Waals surface area (Å²) in [5.41, 5.74) is -5.88. The first-order valence-corrected chi connectivity index (χ1v) is 8.55. The standard InChI is InChI=1S/C13H19F3N4O3S/c1-5-9(6-2)19-11-10(7(3)17)20-12(8(4)18-11)23-24(21,22)13(14,15)16/h9,17H,5-6H2,1-4H3,(H,18,19). The van der Waals surface area contributed by atoms with Crippen LogP contribution in [0.5, 0.6) is 5.88 Å². The van der Waals surface area contributed by atoms with Gasteiger partial charge in [0.25, 0.3) is 5.88 Å². The van der Waals surface area contributed by atoms with Crippen LogP contribution in [-0.2, 0) is 10.1 Å². The van der Waals surface area contributed by atoms with E-state index in [1.165, 1.54) is 13.8 Å². The Kier molecular flexibility index (Phi) is 6.15. The number of hydrogen-bond acceptors (Lipinski definition) is 7. The molecule has 1 aromatic heterocycles. The molecule has 0 amide bonds. The van der Waals surface area contributed by atoms with Crippen molar-refractivity contribution in [1.82, 2.24) is 9.97 Å². The van der Waals surface area contributed by atoms with E-state index in [1.807, 2.05) is 13.8 Å². The van der Waals surface area contributed by atoms with Gasteiger partial charge in [-0.15, -0.1) is 0 Å². The first-order valence-electron chi connectivity index (χ1n) is 7.14. The van der Waals surface area contributed by atoms with Gasteiger partial charge in [0.15, 0.2) is 5.82 Å². The van der Waals surface area contributed by atoms with Crippen molar-refractivity contribution in [2.45, 2.75) is 52.1 Å². The second-order valence-electron chi connectivity index (χ2n) is 5.08. The van der Waals surface area contributed by atoms with Crippen LogP contribution in [0.25, 0.3) is 0 Å². The number of nitrogens with one attached hydrogen (secondary N) is 2. The third kappa shape index (κ3) is 4.56. The minimum atomic E-state index is -5.85. The van der Waals surface area contributed by atoms with Crippen molar-refractivity contribution in [3.05, 3.63) is 11.4 Å². The number of anilines is 1. The largest absolute Gasteiger partial charge is 0.534 e. The van der Waals surface area contributed by atoms with E-state index in [0.717, 1.165) is 12.8 Å². The Morgan fingerprint density at radius 1 is 1.29 bits per heavy atom. The molecule has 1 aromatic rings. The number of aromatic nitrogens is 2. The summed E-state index contributed by atoms with van der Waals surface area (Å²) >= 11 is 0. The van der Waals surface area contributed by atoms with Gasteiger partial charge in [0.2, 0.25) is 0 Å². The Morgan fingerprint density at radius 2 is 1.83 bits per heavy atom. The van der Waals surface area contributed by atoms with Gasteiger partial charge in [0, 0.05) is 6.04 Å². The fraction of sp³-hybridized carbons (Fsp3) is 0.615. The highest BCUT2D eigenvalue weighted by atomic mass is 32.2. The predicted molar refractivity (Wildman–Crippen MR) is 82.9 cm³/mol. The molecule has 136 valence electrons. The molecule has 0 saturated carbocycles. The van der Waals surface area contributed by atoms with Crippen LogP contribution in [-0.4, -0.2) is 35.6 Å². The first kappa shape index (κ1) is 20.1. The topological polar surface area (TPSA) is 105 Å². The first-order chi connectivity index (χ1) is 10.9. The lowest BCUT2D eigenvalue weighted by Gasteiger charge is -2.19. The van der Waals surface area contributed by atoms with Crippen molar-refractivity contribution >= 4 is 21.6 Å². The van der Waals surface area contributed by atoms with Gasteiger partial charge in [-0.1, -0.05) is 13.8 Å². The zero-order valence-corrected chi connectivity index (χ0v) is 14.5. The maximum atomic E-state index is 12.4. The van der Waals surface area contributed by atoms with Crippen molar-refractivity contribution in [3.63, 3.8) is 0 Å². The van der Waals surface area contributed by atoms with Crippen LogP contribution in [0.1, 0.15) is 45.0 Å². The van der Waals surface area contributed by atoms with Gasteiger partial charge in [-0.3, -0.25) is 0 Å². The highest BCUT2D eigenvalue weighted by Crippen LogP contribution is 2.28. The second kappa shape index (κ2) is 7.32. The fourth-order valence-corrected chi connectivity index (χ4v) is 2.24. The van der Waals surface area contributed by atoms with E-state index in [1.54, 1.807) is 0 Å². The number of alkyl halides is 3. The summed E-state index contributed by atoms with van der Waals surface area (Å²) in [5, 5.41) is 10.7. The van der Waals surface area contributed by atoms with Gasteiger partial charge in [-0.25, -0.2) is 9.97 Å². The molecule has 2 N–H and O–H groups in total. The van der Waals surface area contributed by atoms with Gasteiger partial charge in [-0.05, 0) is 26.7 Å². The zero-order valence-electron chi connectivity index (χ0n) is 13.7. The Bertz CT molecular complexity index is 716. The van der Waals surface area contributed by atoms with Crippen molar-refractivity contribution < 1.29 is 25.8 Å². The molecule has 0 unspecified atom stereocenters. The molecule has 11 heteroatoms. The maximum Gasteiger partial charge on any atom is 0.534 e. The summed E-state index contributed by atoms with van der Waals surface area (Å²) in [7, 11) is -5.85. The average Bonchev–Trinajstić information content (AvgIpc) is 2.45. The smallest absolute Gasteiger partial charge is 0.366 e. The average molecular weight is 368 g/mol. The zero-order chi connectivity index (χ0) is 18.7. The van der Waals surface area contributed by atoms with Crippen LogP contribution in [0.2, 0.25) is 0 Å². The number of aryl methyl sites for hydroxylation is 1. The molecule has 0 aliphatic rings. The molecule has 0 saturated heterocycles. The SMILES string of the molecule is CCC(CC)Nc1nc(C)c(OS(=O)(=O)C(F)(F)F)nc1C(C)=N. The molecule has 7 nitrogen and oxygen atoms in total. The number of nitrogens with zero attached hydrogens (tertiary/aromatic N) is 2. The Morgan fingerprint density at radius 3 is 2.25 bits per heavy atom. The summed E-state index contributed by atoms with van der Waals surface area (Å²) in [6, 6.07) is 0.0301. The predicted octanol–water partition coefficient (Wildman–Crippen LogP) is 3.00. The summed E-state index contributed by atoms with van der Waals surface area (Å²) in [5.74, 6) is -0.602. The van der Waals surface area contributed by atoms with Crippen molar-refractivity contribution in [2.24, 2.45) is 0 Å². The summed E-state index contributed by atoms with van der Waals surface area (Å²) in [6.45, 7) is 6.51. The van der Waals surface area contributed by atoms with Crippen molar-refractivity contribution in [1.29, 1.82) is 5.41 Å². The number of rotatable bonds is 7. The van der Waals surface area contributed by atoms with E-state index in [9.17, 15) is 21.6 Å². The van der Waals surface area contributed by atoms with E-state index >= 15 is 0 Å². The van der Waals surface area contributed by atoms with Crippen LogP contribution in [0.3, 0.4) is 0 Å². The van der Waals surface area contributed by atoms with Gasteiger partial charge in [0.05, 0.1) is 5.71 Å². The molecule has 1 rings (SSSR count).